The third-order valence-electron chi connectivity index (χ3n) is 5.95. The highest BCUT2D eigenvalue weighted by atomic mass is 32.2. The van der Waals surface area contributed by atoms with Gasteiger partial charge in [0, 0.05) is 23.5 Å². The van der Waals surface area contributed by atoms with E-state index in [1.165, 1.54) is 6.20 Å². The van der Waals surface area contributed by atoms with Gasteiger partial charge in [-0.25, -0.2) is 13.1 Å². The Bertz CT molecular complexity index is 1160. The van der Waals surface area contributed by atoms with E-state index in [4.69, 9.17) is 0 Å². The second kappa shape index (κ2) is 9.16. The van der Waals surface area contributed by atoms with Gasteiger partial charge >= 0.3 is 0 Å². The van der Waals surface area contributed by atoms with Crippen LogP contribution >= 0.6 is 0 Å². The average molecular weight is 438 g/mol. The Labute approximate surface area is 183 Å². The minimum atomic E-state index is -3.66. The molecule has 1 fully saturated rings. The van der Waals surface area contributed by atoms with Crippen molar-refractivity contribution in [1.29, 1.82) is 0 Å². The summed E-state index contributed by atoms with van der Waals surface area (Å²) >= 11 is 0. The number of para-hydroxylation sites is 1. The van der Waals surface area contributed by atoms with Crippen LogP contribution in [-0.2, 0) is 14.8 Å². The molecule has 0 bridgehead atoms. The minimum Gasteiger partial charge on any atom is -0.349 e. The first kappa shape index (κ1) is 21.5. The number of rotatable bonds is 6. The van der Waals surface area contributed by atoms with E-state index >= 15 is 0 Å². The Hall–Kier alpha value is -2.77. The number of sulfonamides is 1. The molecule has 7 heteroatoms. The molecule has 3 aromatic rings. The molecule has 4 rings (SSSR count). The summed E-state index contributed by atoms with van der Waals surface area (Å²) in [7, 11) is -3.66. The maximum absolute atomic E-state index is 12.8. The summed E-state index contributed by atoms with van der Waals surface area (Å²) in [5, 5.41) is 3.88. The van der Waals surface area contributed by atoms with Gasteiger partial charge in [0.15, 0.2) is 0 Å². The summed E-state index contributed by atoms with van der Waals surface area (Å²) < 4.78 is 28.5. The van der Waals surface area contributed by atoms with Gasteiger partial charge in [-0.1, -0.05) is 48.5 Å². The summed E-state index contributed by atoms with van der Waals surface area (Å²) in [6.45, 7) is 1.98. The summed E-state index contributed by atoms with van der Waals surface area (Å²) in [6.07, 6.45) is 4.00. The average Bonchev–Trinajstić information content (AvgIpc) is 2.79. The molecule has 6 nitrogen and oxygen atoms in total. The molecule has 1 amide bonds. The largest absolute Gasteiger partial charge is 0.349 e. The Balaban J connectivity index is 1.33. The number of pyridine rings is 1. The van der Waals surface area contributed by atoms with Crippen molar-refractivity contribution in [2.45, 2.75) is 49.6 Å². The molecule has 0 radical (unpaired) electrons. The molecule has 1 heterocycles. The van der Waals surface area contributed by atoms with Gasteiger partial charge < -0.3 is 5.32 Å². The van der Waals surface area contributed by atoms with Gasteiger partial charge in [0.2, 0.25) is 15.9 Å². The number of carbonyl (C=O) groups excluding carboxylic acids is 1. The van der Waals surface area contributed by atoms with E-state index in [1.807, 2.05) is 61.5 Å². The van der Waals surface area contributed by atoms with E-state index in [-0.39, 0.29) is 28.8 Å². The Morgan fingerprint density at radius 3 is 2.42 bits per heavy atom. The topological polar surface area (TPSA) is 88.2 Å². The molecule has 1 atom stereocenters. The lowest BCUT2D eigenvalue weighted by atomic mass is 9.85. The van der Waals surface area contributed by atoms with Crippen LogP contribution in [0.5, 0.6) is 0 Å². The van der Waals surface area contributed by atoms with Crippen LogP contribution in [0.2, 0.25) is 0 Å². The van der Waals surface area contributed by atoms with Crippen molar-refractivity contribution < 1.29 is 13.2 Å². The monoisotopic (exact) mass is 437 g/mol. The van der Waals surface area contributed by atoms with Crippen molar-refractivity contribution in [2.75, 3.05) is 0 Å². The van der Waals surface area contributed by atoms with Crippen LogP contribution in [0.25, 0.3) is 10.9 Å². The first-order valence-electron chi connectivity index (χ1n) is 10.6. The van der Waals surface area contributed by atoms with E-state index in [1.54, 1.807) is 6.07 Å². The molecule has 2 aromatic carbocycles. The quantitative estimate of drug-likeness (QED) is 0.611. The van der Waals surface area contributed by atoms with Crippen LogP contribution in [0.1, 0.15) is 44.2 Å². The van der Waals surface area contributed by atoms with Crippen LogP contribution in [0.15, 0.2) is 71.8 Å². The summed E-state index contributed by atoms with van der Waals surface area (Å²) in [4.78, 5) is 17.1. The van der Waals surface area contributed by atoms with Gasteiger partial charge in [0.05, 0.1) is 11.6 Å². The number of hydrogen-bond donors (Lipinski definition) is 2. The zero-order chi connectivity index (χ0) is 21.8. The van der Waals surface area contributed by atoms with Crippen molar-refractivity contribution in [3.8, 4) is 0 Å². The first-order valence-corrected chi connectivity index (χ1v) is 12.1. The number of fused-ring (bicyclic) bond motifs is 1. The van der Waals surface area contributed by atoms with Gasteiger partial charge in [-0.05, 0) is 50.3 Å². The Morgan fingerprint density at radius 1 is 1.00 bits per heavy atom. The molecule has 0 spiro atoms. The molecule has 1 aliphatic rings. The number of nitrogens with zero attached hydrogens (tertiary/aromatic N) is 1. The zero-order valence-corrected chi connectivity index (χ0v) is 18.3. The molecule has 1 aliphatic carbocycles. The van der Waals surface area contributed by atoms with Gasteiger partial charge in [-0.2, -0.15) is 0 Å². The van der Waals surface area contributed by atoms with Crippen molar-refractivity contribution in [3.05, 3.63) is 72.4 Å². The summed E-state index contributed by atoms with van der Waals surface area (Å²) in [5.74, 6) is -0.0503. The highest BCUT2D eigenvalue weighted by molar-refractivity contribution is 7.89. The predicted octanol–water partition coefficient (Wildman–Crippen LogP) is 3.95. The van der Waals surface area contributed by atoms with Crippen LogP contribution < -0.4 is 10.0 Å². The van der Waals surface area contributed by atoms with E-state index in [0.29, 0.717) is 25.7 Å². The highest BCUT2D eigenvalue weighted by Crippen LogP contribution is 2.27. The van der Waals surface area contributed by atoms with E-state index < -0.39 is 10.0 Å². The molecule has 0 saturated heterocycles. The van der Waals surface area contributed by atoms with Gasteiger partial charge in [0.1, 0.15) is 4.90 Å². The number of aromatic nitrogens is 1. The number of amides is 1. The Morgan fingerprint density at radius 2 is 1.68 bits per heavy atom. The molecule has 1 saturated carbocycles. The molecule has 0 aliphatic heterocycles. The third kappa shape index (κ3) is 5.11. The zero-order valence-electron chi connectivity index (χ0n) is 17.5. The fourth-order valence-corrected chi connectivity index (χ4v) is 5.40. The minimum absolute atomic E-state index is 0.0383. The van der Waals surface area contributed by atoms with Gasteiger partial charge in [-0.3, -0.25) is 9.78 Å². The maximum atomic E-state index is 12.8. The molecule has 162 valence electrons. The van der Waals surface area contributed by atoms with Crippen molar-refractivity contribution in [3.63, 3.8) is 0 Å². The number of benzene rings is 2. The first-order chi connectivity index (χ1) is 14.9. The summed E-state index contributed by atoms with van der Waals surface area (Å²) in [6, 6.07) is 18.7. The highest BCUT2D eigenvalue weighted by Gasteiger charge is 2.30. The lowest BCUT2D eigenvalue weighted by molar-refractivity contribution is -0.126. The SMILES string of the molecule is C[C@@H](NC(=O)[C@H]1CC[C@H](NS(=O)(=O)c2cnc3ccccc3c2)CC1)c1ccccc1. The molecule has 2 N–H and O–H groups in total. The van der Waals surface area contributed by atoms with E-state index in [2.05, 4.69) is 15.0 Å². The predicted molar refractivity (Wildman–Crippen MR) is 121 cm³/mol. The van der Waals surface area contributed by atoms with Gasteiger partial charge in [0.25, 0.3) is 0 Å². The van der Waals surface area contributed by atoms with Crippen molar-refractivity contribution >= 4 is 26.8 Å². The van der Waals surface area contributed by atoms with Crippen molar-refractivity contribution in [2.24, 2.45) is 5.92 Å². The fourth-order valence-electron chi connectivity index (χ4n) is 4.12. The summed E-state index contributed by atoms with van der Waals surface area (Å²) in [5.41, 5.74) is 1.83. The van der Waals surface area contributed by atoms with E-state index in [0.717, 1.165) is 16.5 Å². The number of hydrogen-bond acceptors (Lipinski definition) is 4. The third-order valence-corrected chi connectivity index (χ3v) is 7.44. The second-order valence-electron chi connectivity index (χ2n) is 8.17. The number of carbonyl (C=O) groups is 1. The molecular formula is C24H27N3O3S. The lowest BCUT2D eigenvalue weighted by Crippen LogP contribution is -2.41. The fraction of sp³-hybridized carbons (Fsp3) is 0.333. The normalized spacial score (nSPS) is 20.3. The smallest absolute Gasteiger partial charge is 0.242 e. The van der Waals surface area contributed by atoms with Crippen LogP contribution in [0.4, 0.5) is 0 Å². The Kier molecular flexibility index (Phi) is 6.34. The molecule has 31 heavy (non-hydrogen) atoms. The second-order valence-corrected chi connectivity index (χ2v) is 9.89. The molecule has 0 unspecified atom stereocenters. The van der Waals surface area contributed by atoms with Crippen LogP contribution in [0, 0.1) is 5.92 Å². The number of nitrogens with one attached hydrogen (secondary N) is 2. The molecular weight excluding hydrogens is 410 g/mol. The van der Waals surface area contributed by atoms with Crippen LogP contribution in [0.3, 0.4) is 0 Å². The van der Waals surface area contributed by atoms with E-state index in [9.17, 15) is 13.2 Å². The lowest BCUT2D eigenvalue weighted by Gasteiger charge is -2.29. The standard InChI is InChI=1S/C24H27N3O3S/c1-17(18-7-3-2-4-8-18)26-24(28)19-11-13-21(14-12-19)27-31(29,30)22-15-20-9-5-6-10-23(20)25-16-22/h2-10,15-17,19,21,27H,11-14H2,1H3,(H,26,28)/t17-,19-,21-/m1/s1. The van der Waals surface area contributed by atoms with Gasteiger partial charge in [-0.15, -0.1) is 0 Å². The van der Waals surface area contributed by atoms with Crippen LogP contribution in [-0.4, -0.2) is 25.4 Å². The maximum Gasteiger partial charge on any atom is 0.242 e. The molecule has 1 aromatic heterocycles. The van der Waals surface area contributed by atoms with Crippen molar-refractivity contribution in [1.82, 2.24) is 15.0 Å².